The first-order chi connectivity index (χ1) is 13.2. The fraction of sp³-hybridized carbons (Fsp3) is 0.318. The summed E-state index contributed by atoms with van der Waals surface area (Å²) in [6.07, 6.45) is 4.34. The SMILES string of the molecule is O=C(CN1CCN(CC=Cc2ccccc2)CC1)NCc1ccc(F)cc1. The summed E-state index contributed by atoms with van der Waals surface area (Å²) in [5.74, 6) is -0.252. The van der Waals surface area contributed by atoms with E-state index in [2.05, 4.69) is 39.4 Å². The van der Waals surface area contributed by atoms with Gasteiger partial charge in [-0.15, -0.1) is 0 Å². The van der Waals surface area contributed by atoms with Crippen molar-refractivity contribution in [1.82, 2.24) is 15.1 Å². The van der Waals surface area contributed by atoms with E-state index < -0.39 is 0 Å². The number of benzene rings is 2. The molecule has 1 aliphatic heterocycles. The topological polar surface area (TPSA) is 35.6 Å². The number of carbonyl (C=O) groups excluding carboxylic acids is 1. The summed E-state index contributed by atoms with van der Waals surface area (Å²) in [6.45, 7) is 5.48. The third-order valence-corrected chi connectivity index (χ3v) is 4.71. The van der Waals surface area contributed by atoms with Crippen LogP contribution in [0.4, 0.5) is 4.39 Å². The molecule has 142 valence electrons. The molecule has 0 bridgehead atoms. The average molecular weight is 367 g/mol. The second-order valence-corrected chi connectivity index (χ2v) is 6.79. The van der Waals surface area contributed by atoms with Crippen molar-refractivity contribution >= 4 is 12.0 Å². The molecule has 2 aromatic carbocycles. The first kappa shape index (κ1) is 19.3. The fourth-order valence-corrected chi connectivity index (χ4v) is 3.09. The van der Waals surface area contributed by atoms with Crippen LogP contribution in [0, 0.1) is 5.82 Å². The summed E-state index contributed by atoms with van der Waals surface area (Å²) < 4.78 is 12.9. The predicted octanol–water partition coefficient (Wildman–Crippen LogP) is 2.77. The van der Waals surface area contributed by atoms with Crippen molar-refractivity contribution in [3.05, 3.63) is 77.6 Å². The Morgan fingerprint density at radius 1 is 0.963 bits per heavy atom. The maximum absolute atomic E-state index is 12.9. The molecular formula is C22H26FN3O. The van der Waals surface area contributed by atoms with E-state index in [4.69, 9.17) is 0 Å². The van der Waals surface area contributed by atoms with E-state index in [1.807, 2.05) is 18.2 Å². The molecule has 0 atom stereocenters. The highest BCUT2D eigenvalue weighted by molar-refractivity contribution is 5.78. The first-order valence-electron chi connectivity index (χ1n) is 9.36. The van der Waals surface area contributed by atoms with Gasteiger partial charge in [0.15, 0.2) is 0 Å². The van der Waals surface area contributed by atoms with Crippen molar-refractivity contribution in [2.24, 2.45) is 0 Å². The van der Waals surface area contributed by atoms with E-state index in [1.165, 1.54) is 17.7 Å². The van der Waals surface area contributed by atoms with Crippen molar-refractivity contribution in [1.29, 1.82) is 0 Å². The molecule has 0 aromatic heterocycles. The third-order valence-electron chi connectivity index (χ3n) is 4.71. The lowest BCUT2D eigenvalue weighted by molar-refractivity contribution is -0.122. The molecule has 1 heterocycles. The average Bonchev–Trinajstić information content (AvgIpc) is 2.70. The maximum Gasteiger partial charge on any atom is 0.234 e. The van der Waals surface area contributed by atoms with Crippen LogP contribution in [0.15, 0.2) is 60.7 Å². The minimum atomic E-state index is -0.262. The molecule has 0 spiro atoms. The molecule has 27 heavy (non-hydrogen) atoms. The lowest BCUT2D eigenvalue weighted by Crippen LogP contribution is -2.49. The van der Waals surface area contributed by atoms with Gasteiger partial charge in [-0.25, -0.2) is 4.39 Å². The van der Waals surface area contributed by atoms with Crippen molar-refractivity contribution < 1.29 is 9.18 Å². The molecular weight excluding hydrogens is 341 g/mol. The summed E-state index contributed by atoms with van der Waals surface area (Å²) in [4.78, 5) is 16.7. The zero-order valence-electron chi connectivity index (χ0n) is 15.5. The molecule has 1 saturated heterocycles. The van der Waals surface area contributed by atoms with Gasteiger partial charge in [0.2, 0.25) is 5.91 Å². The largest absolute Gasteiger partial charge is 0.351 e. The number of halogens is 1. The predicted molar refractivity (Wildman–Crippen MR) is 107 cm³/mol. The third kappa shape index (κ3) is 6.62. The molecule has 1 fully saturated rings. The van der Waals surface area contributed by atoms with Crippen LogP contribution >= 0.6 is 0 Å². The van der Waals surface area contributed by atoms with Gasteiger partial charge in [0, 0.05) is 39.3 Å². The summed E-state index contributed by atoms with van der Waals surface area (Å²) in [5.41, 5.74) is 2.12. The van der Waals surface area contributed by atoms with E-state index in [9.17, 15) is 9.18 Å². The number of hydrogen-bond donors (Lipinski definition) is 1. The molecule has 0 aliphatic carbocycles. The Balaban J connectivity index is 1.33. The van der Waals surface area contributed by atoms with Crippen molar-refractivity contribution in [2.45, 2.75) is 6.54 Å². The normalized spacial score (nSPS) is 15.9. The Morgan fingerprint density at radius 3 is 2.33 bits per heavy atom. The molecule has 1 N–H and O–H groups in total. The molecule has 1 aliphatic rings. The second kappa shape index (κ2) is 10.00. The molecule has 0 unspecified atom stereocenters. The van der Waals surface area contributed by atoms with Crippen molar-refractivity contribution in [3.8, 4) is 0 Å². The molecule has 0 saturated carbocycles. The van der Waals surface area contributed by atoms with E-state index in [0.29, 0.717) is 13.1 Å². The van der Waals surface area contributed by atoms with E-state index in [1.54, 1.807) is 12.1 Å². The van der Waals surface area contributed by atoms with Crippen LogP contribution in [0.3, 0.4) is 0 Å². The van der Waals surface area contributed by atoms with Gasteiger partial charge in [-0.1, -0.05) is 54.6 Å². The minimum absolute atomic E-state index is 0.0109. The van der Waals surface area contributed by atoms with E-state index in [-0.39, 0.29) is 11.7 Å². The van der Waals surface area contributed by atoms with Gasteiger partial charge in [0.05, 0.1) is 6.54 Å². The van der Waals surface area contributed by atoms with Gasteiger partial charge in [-0.2, -0.15) is 0 Å². The minimum Gasteiger partial charge on any atom is -0.351 e. The quantitative estimate of drug-likeness (QED) is 0.817. The van der Waals surface area contributed by atoms with Crippen LogP contribution < -0.4 is 5.32 Å². The number of rotatable bonds is 7. The monoisotopic (exact) mass is 367 g/mol. The van der Waals surface area contributed by atoms with E-state index >= 15 is 0 Å². The van der Waals surface area contributed by atoms with Crippen LogP contribution in [0.5, 0.6) is 0 Å². The number of carbonyl (C=O) groups is 1. The zero-order valence-corrected chi connectivity index (χ0v) is 15.5. The summed E-state index contributed by atoms with van der Waals surface area (Å²) in [6, 6.07) is 16.5. The Kier molecular flexibility index (Phi) is 7.13. The van der Waals surface area contributed by atoms with Crippen molar-refractivity contribution in [3.63, 3.8) is 0 Å². The van der Waals surface area contributed by atoms with Crippen LogP contribution in [0.1, 0.15) is 11.1 Å². The molecule has 4 nitrogen and oxygen atoms in total. The highest BCUT2D eigenvalue weighted by atomic mass is 19.1. The fourth-order valence-electron chi connectivity index (χ4n) is 3.09. The van der Waals surface area contributed by atoms with Crippen LogP contribution in [0.25, 0.3) is 6.08 Å². The maximum atomic E-state index is 12.9. The highest BCUT2D eigenvalue weighted by Gasteiger charge is 2.17. The standard InChI is InChI=1S/C22H26FN3O/c23-21-10-8-20(9-11-21)17-24-22(27)18-26-15-13-25(14-16-26)12-4-7-19-5-2-1-3-6-19/h1-11H,12-18H2,(H,24,27). The Hall–Kier alpha value is -2.50. The van der Waals surface area contributed by atoms with E-state index in [0.717, 1.165) is 38.3 Å². The van der Waals surface area contributed by atoms with Gasteiger partial charge in [0.1, 0.15) is 5.82 Å². The number of nitrogens with zero attached hydrogens (tertiary/aromatic N) is 2. The lowest BCUT2D eigenvalue weighted by atomic mass is 10.2. The highest BCUT2D eigenvalue weighted by Crippen LogP contribution is 2.05. The number of hydrogen-bond acceptors (Lipinski definition) is 3. The second-order valence-electron chi connectivity index (χ2n) is 6.79. The number of amides is 1. The first-order valence-corrected chi connectivity index (χ1v) is 9.36. The Morgan fingerprint density at radius 2 is 1.63 bits per heavy atom. The van der Waals surface area contributed by atoms with Gasteiger partial charge in [0.25, 0.3) is 0 Å². The summed E-state index contributed by atoms with van der Waals surface area (Å²) in [7, 11) is 0. The molecule has 0 radical (unpaired) electrons. The smallest absolute Gasteiger partial charge is 0.234 e. The van der Waals surface area contributed by atoms with Crippen LogP contribution in [-0.2, 0) is 11.3 Å². The molecule has 3 rings (SSSR count). The number of nitrogens with one attached hydrogen (secondary N) is 1. The van der Waals surface area contributed by atoms with Gasteiger partial charge in [-0.05, 0) is 23.3 Å². The number of piperazine rings is 1. The van der Waals surface area contributed by atoms with Gasteiger partial charge in [-0.3, -0.25) is 14.6 Å². The molecule has 2 aromatic rings. The molecule has 5 heteroatoms. The lowest BCUT2D eigenvalue weighted by Gasteiger charge is -2.33. The van der Waals surface area contributed by atoms with Crippen molar-refractivity contribution in [2.75, 3.05) is 39.3 Å². The Bertz CT molecular complexity index is 738. The summed E-state index contributed by atoms with van der Waals surface area (Å²) >= 11 is 0. The Labute approximate surface area is 160 Å². The zero-order chi connectivity index (χ0) is 18.9. The summed E-state index contributed by atoms with van der Waals surface area (Å²) in [5, 5.41) is 2.90. The van der Waals surface area contributed by atoms with Crippen LogP contribution in [0.2, 0.25) is 0 Å². The van der Waals surface area contributed by atoms with Gasteiger partial charge >= 0.3 is 0 Å². The van der Waals surface area contributed by atoms with Crippen LogP contribution in [-0.4, -0.2) is 55.0 Å². The van der Waals surface area contributed by atoms with Gasteiger partial charge < -0.3 is 5.32 Å². The molecule has 1 amide bonds.